The molecule has 3 N–H and O–H groups in total. The molecule has 9 heteroatoms. The predicted octanol–water partition coefficient (Wildman–Crippen LogP) is 2.10. The Kier molecular flexibility index (Phi) is 7.17. The molecule has 0 saturated carbocycles. The van der Waals surface area contributed by atoms with Crippen molar-refractivity contribution in [1.82, 2.24) is 14.9 Å². The van der Waals surface area contributed by atoms with E-state index >= 15 is 0 Å². The van der Waals surface area contributed by atoms with E-state index in [-0.39, 0.29) is 11.5 Å². The van der Waals surface area contributed by atoms with Crippen LogP contribution in [0.4, 0.5) is 23.3 Å². The van der Waals surface area contributed by atoms with Crippen molar-refractivity contribution in [1.29, 1.82) is 0 Å². The maximum absolute atomic E-state index is 11.4. The van der Waals surface area contributed by atoms with Gasteiger partial charge in [0, 0.05) is 19.6 Å². The minimum absolute atomic E-state index is 0.0770. The second-order valence-electron chi connectivity index (χ2n) is 6.22. The first kappa shape index (κ1) is 19.2. The number of hydrogen-bond donors (Lipinski definition) is 2. The highest BCUT2D eigenvalue weighted by Crippen LogP contribution is 2.33. The van der Waals surface area contributed by atoms with Gasteiger partial charge in [0.25, 0.3) is 0 Å². The SMILES string of the molecule is CCN(CC)CCCNc1nc(N)c([N+](=O)[O-])c(N2CCCCC2)n1. The summed E-state index contributed by atoms with van der Waals surface area (Å²) in [7, 11) is 0. The smallest absolute Gasteiger partial charge is 0.353 e. The van der Waals surface area contributed by atoms with E-state index in [4.69, 9.17) is 5.73 Å². The first-order valence-electron chi connectivity index (χ1n) is 9.09. The molecule has 0 radical (unpaired) electrons. The van der Waals surface area contributed by atoms with E-state index in [1.54, 1.807) is 0 Å². The summed E-state index contributed by atoms with van der Waals surface area (Å²) in [6.07, 6.45) is 4.10. The number of piperidine rings is 1. The van der Waals surface area contributed by atoms with Crippen LogP contribution in [0.15, 0.2) is 0 Å². The highest BCUT2D eigenvalue weighted by atomic mass is 16.6. The van der Waals surface area contributed by atoms with Gasteiger partial charge >= 0.3 is 5.69 Å². The van der Waals surface area contributed by atoms with Gasteiger partial charge in [-0.1, -0.05) is 13.8 Å². The first-order valence-corrected chi connectivity index (χ1v) is 9.09. The maximum atomic E-state index is 11.4. The van der Waals surface area contributed by atoms with Crippen LogP contribution in [0.3, 0.4) is 0 Å². The number of aromatic nitrogens is 2. The van der Waals surface area contributed by atoms with Gasteiger partial charge in [-0.3, -0.25) is 10.1 Å². The molecule has 0 aliphatic carbocycles. The predicted molar refractivity (Wildman–Crippen MR) is 100 cm³/mol. The van der Waals surface area contributed by atoms with E-state index < -0.39 is 4.92 Å². The van der Waals surface area contributed by atoms with E-state index in [0.717, 1.165) is 58.4 Å². The molecule has 2 rings (SSSR count). The Morgan fingerprint density at radius 2 is 1.92 bits per heavy atom. The molecule has 2 heterocycles. The number of hydrogen-bond acceptors (Lipinski definition) is 8. The summed E-state index contributed by atoms with van der Waals surface area (Å²) in [6.45, 7) is 9.54. The highest BCUT2D eigenvalue weighted by molar-refractivity contribution is 5.71. The van der Waals surface area contributed by atoms with Gasteiger partial charge in [0.1, 0.15) is 0 Å². The van der Waals surface area contributed by atoms with Gasteiger partial charge in [-0.2, -0.15) is 9.97 Å². The van der Waals surface area contributed by atoms with E-state index in [9.17, 15) is 10.1 Å². The van der Waals surface area contributed by atoms with Crippen molar-refractivity contribution in [2.24, 2.45) is 0 Å². The number of nitrogens with zero attached hydrogens (tertiary/aromatic N) is 5. The summed E-state index contributed by atoms with van der Waals surface area (Å²) in [5, 5.41) is 14.5. The lowest BCUT2D eigenvalue weighted by Crippen LogP contribution is -2.31. The molecule has 0 spiro atoms. The van der Waals surface area contributed by atoms with Crippen LogP contribution in [-0.4, -0.2) is 59.1 Å². The molecule has 140 valence electrons. The first-order chi connectivity index (χ1) is 12.1. The number of nitro groups is 1. The average molecular weight is 351 g/mol. The zero-order valence-electron chi connectivity index (χ0n) is 15.2. The lowest BCUT2D eigenvalue weighted by molar-refractivity contribution is -0.383. The zero-order chi connectivity index (χ0) is 18.2. The fraction of sp³-hybridized carbons (Fsp3) is 0.750. The molecule has 0 unspecified atom stereocenters. The van der Waals surface area contributed by atoms with E-state index in [2.05, 4.69) is 34.0 Å². The lowest BCUT2D eigenvalue weighted by atomic mass is 10.1. The van der Waals surface area contributed by atoms with Crippen molar-refractivity contribution in [3.05, 3.63) is 10.1 Å². The summed E-state index contributed by atoms with van der Waals surface area (Å²) in [5.74, 6) is 0.624. The second kappa shape index (κ2) is 9.36. The van der Waals surface area contributed by atoms with Crippen LogP contribution in [0.5, 0.6) is 0 Å². The molecule has 9 nitrogen and oxygen atoms in total. The molecular formula is C16H29N7O2. The van der Waals surface area contributed by atoms with Crippen LogP contribution in [0.2, 0.25) is 0 Å². The van der Waals surface area contributed by atoms with E-state index in [1.165, 1.54) is 0 Å². The number of anilines is 3. The largest absolute Gasteiger partial charge is 0.378 e. The van der Waals surface area contributed by atoms with Crippen molar-refractivity contribution in [3.8, 4) is 0 Å². The molecule has 0 bridgehead atoms. The van der Waals surface area contributed by atoms with E-state index in [1.807, 2.05) is 4.90 Å². The van der Waals surface area contributed by atoms with E-state index in [0.29, 0.717) is 18.3 Å². The second-order valence-corrected chi connectivity index (χ2v) is 6.22. The van der Waals surface area contributed by atoms with Gasteiger partial charge in [-0.05, 0) is 45.3 Å². The summed E-state index contributed by atoms with van der Waals surface area (Å²) in [5.41, 5.74) is 5.67. The Balaban J connectivity index is 2.08. The van der Waals surface area contributed by atoms with Gasteiger partial charge in [-0.15, -0.1) is 0 Å². The number of nitrogen functional groups attached to an aromatic ring is 1. The Morgan fingerprint density at radius 1 is 1.24 bits per heavy atom. The third-order valence-corrected chi connectivity index (χ3v) is 4.56. The molecule has 25 heavy (non-hydrogen) atoms. The minimum Gasteiger partial charge on any atom is -0.378 e. The molecule has 0 atom stereocenters. The van der Waals surface area contributed by atoms with Crippen molar-refractivity contribution in [2.75, 3.05) is 55.2 Å². The Hall–Kier alpha value is -2.16. The normalized spacial score (nSPS) is 14.8. The fourth-order valence-corrected chi connectivity index (χ4v) is 3.08. The summed E-state index contributed by atoms with van der Waals surface area (Å²) < 4.78 is 0. The third-order valence-electron chi connectivity index (χ3n) is 4.56. The standard InChI is InChI=1S/C16H29N7O2/c1-3-21(4-2)10-8-9-18-16-19-14(17)13(23(24)25)15(20-16)22-11-6-5-7-12-22/h3-12H2,1-2H3,(H3,17,18,19,20). The maximum Gasteiger partial charge on any atom is 0.353 e. The van der Waals surface area contributed by atoms with Crippen molar-refractivity contribution in [3.63, 3.8) is 0 Å². The van der Waals surface area contributed by atoms with Gasteiger partial charge in [-0.25, -0.2) is 0 Å². The third kappa shape index (κ3) is 5.15. The number of nitrogens with two attached hydrogens (primary N) is 1. The van der Waals surface area contributed by atoms with Gasteiger partial charge in [0.15, 0.2) is 0 Å². The quantitative estimate of drug-likeness (QED) is 0.395. The van der Waals surface area contributed by atoms with Crippen LogP contribution in [0.25, 0.3) is 0 Å². The van der Waals surface area contributed by atoms with Crippen LogP contribution >= 0.6 is 0 Å². The van der Waals surface area contributed by atoms with Gasteiger partial charge in [0.05, 0.1) is 4.92 Å². The van der Waals surface area contributed by atoms with Crippen LogP contribution in [0.1, 0.15) is 39.5 Å². The fourth-order valence-electron chi connectivity index (χ4n) is 3.08. The van der Waals surface area contributed by atoms with Crippen LogP contribution in [0, 0.1) is 10.1 Å². The van der Waals surface area contributed by atoms with Crippen molar-refractivity contribution < 1.29 is 4.92 Å². The number of nitrogens with one attached hydrogen (secondary N) is 1. The molecular weight excluding hydrogens is 322 g/mol. The molecule has 0 aromatic carbocycles. The molecule has 1 saturated heterocycles. The highest BCUT2D eigenvalue weighted by Gasteiger charge is 2.28. The molecule has 1 fully saturated rings. The van der Waals surface area contributed by atoms with Gasteiger partial charge in [0.2, 0.25) is 17.6 Å². The van der Waals surface area contributed by atoms with Gasteiger partial charge < -0.3 is 20.9 Å². The van der Waals surface area contributed by atoms with Crippen molar-refractivity contribution >= 4 is 23.3 Å². The molecule has 1 aromatic heterocycles. The summed E-state index contributed by atoms with van der Waals surface area (Å²) in [6, 6.07) is 0. The Labute approximate surface area is 148 Å². The monoisotopic (exact) mass is 351 g/mol. The summed E-state index contributed by atoms with van der Waals surface area (Å²) >= 11 is 0. The Morgan fingerprint density at radius 3 is 2.52 bits per heavy atom. The molecule has 1 aliphatic rings. The topological polar surface area (TPSA) is 113 Å². The zero-order valence-corrected chi connectivity index (χ0v) is 15.2. The number of rotatable bonds is 9. The molecule has 1 aliphatic heterocycles. The van der Waals surface area contributed by atoms with Crippen LogP contribution < -0.4 is 16.0 Å². The molecule has 0 amide bonds. The molecule has 1 aromatic rings. The lowest BCUT2D eigenvalue weighted by Gasteiger charge is -2.27. The summed E-state index contributed by atoms with van der Waals surface area (Å²) in [4.78, 5) is 23.7. The van der Waals surface area contributed by atoms with Crippen molar-refractivity contribution in [2.45, 2.75) is 39.5 Å². The minimum atomic E-state index is -0.483. The average Bonchev–Trinajstić information content (AvgIpc) is 2.61. The Bertz CT molecular complexity index is 572. The van der Waals surface area contributed by atoms with Crippen LogP contribution in [-0.2, 0) is 0 Å².